The third-order valence-electron chi connectivity index (χ3n) is 5.51. The molecule has 2 atom stereocenters. The zero-order valence-electron chi connectivity index (χ0n) is 16.8. The molecule has 164 valence electrons. The predicted octanol–water partition coefficient (Wildman–Crippen LogP) is 2.86. The van der Waals surface area contributed by atoms with Crippen LogP contribution in [0.15, 0.2) is 36.4 Å². The molecule has 0 saturated carbocycles. The minimum atomic E-state index is -0.446. The number of halogens is 1. The van der Waals surface area contributed by atoms with Crippen molar-refractivity contribution < 1.29 is 19.1 Å². The highest BCUT2D eigenvalue weighted by Crippen LogP contribution is 2.28. The average molecular weight is 463 g/mol. The van der Waals surface area contributed by atoms with Crippen LogP contribution in [-0.2, 0) is 9.53 Å². The lowest BCUT2D eigenvalue weighted by Gasteiger charge is -2.33. The highest BCUT2D eigenvalue weighted by molar-refractivity contribution is 7.18. The summed E-state index contributed by atoms with van der Waals surface area (Å²) in [5, 5.41) is 2.78. The summed E-state index contributed by atoms with van der Waals surface area (Å²) in [4.78, 5) is 40.2. The van der Waals surface area contributed by atoms with Crippen molar-refractivity contribution in [1.82, 2.24) is 5.32 Å². The van der Waals surface area contributed by atoms with E-state index >= 15 is 0 Å². The summed E-state index contributed by atoms with van der Waals surface area (Å²) < 4.78 is 5.94. The van der Waals surface area contributed by atoms with Gasteiger partial charge in [0.15, 0.2) is 0 Å². The number of nitrogens with zero attached hydrogens (tertiary/aromatic N) is 2. The largest absolute Gasteiger partial charge is 0.442 e. The molecule has 2 aromatic rings. The molecule has 3 amide bonds. The summed E-state index contributed by atoms with van der Waals surface area (Å²) >= 11 is 7.05. The molecule has 0 aliphatic carbocycles. The molecule has 8 nitrogen and oxygen atoms in total. The van der Waals surface area contributed by atoms with Crippen molar-refractivity contribution in [1.29, 1.82) is 0 Å². The van der Waals surface area contributed by atoms with Gasteiger partial charge in [-0.15, -0.1) is 11.3 Å². The number of anilines is 2. The van der Waals surface area contributed by atoms with Crippen LogP contribution in [0, 0.1) is 5.92 Å². The molecule has 10 heteroatoms. The fourth-order valence-electron chi connectivity index (χ4n) is 3.86. The molecule has 4 rings (SSSR count). The van der Waals surface area contributed by atoms with E-state index in [9.17, 15) is 14.4 Å². The second kappa shape index (κ2) is 9.15. The van der Waals surface area contributed by atoms with E-state index in [-0.39, 0.29) is 24.3 Å². The maximum absolute atomic E-state index is 12.3. The number of rotatable bonds is 6. The number of nitrogens with two attached hydrogens (primary N) is 1. The Labute approximate surface area is 188 Å². The Balaban J connectivity index is 1.33. The highest BCUT2D eigenvalue weighted by Gasteiger charge is 2.33. The molecule has 2 aliphatic heterocycles. The number of hydrogen-bond acceptors (Lipinski definition) is 6. The van der Waals surface area contributed by atoms with Crippen molar-refractivity contribution in [3.05, 3.63) is 45.6 Å². The van der Waals surface area contributed by atoms with E-state index < -0.39 is 12.2 Å². The van der Waals surface area contributed by atoms with Gasteiger partial charge in [0.05, 0.1) is 28.2 Å². The number of thiophene rings is 1. The van der Waals surface area contributed by atoms with Crippen molar-refractivity contribution in [3.8, 4) is 0 Å². The van der Waals surface area contributed by atoms with Crippen molar-refractivity contribution in [2.24, 2.45) is 11.7 Å². The second-order valence-electron chi connectivity index (χ2n) is 7.63. The molecular formula is C21H23ClN4O4S. The minimum absolute atomic E-state index is 0.136. The van der Waals surface area contributed by atoms with Crippen LogP contribution in [-0.4, -0.2) is 50.2 Å². The first-order valence-electron chi connectivity index (χ1n) is 10.1. The van der Waals surface area contributed by atoms with Gasteiger partial charge >= 0.3 is 6.09 Å². The summed E-state index contributed by atoms with van der Waals surface area (Å²) in [6.45, 7) is 2.04. The number of hydrogen-bond donors (Lipinski definition) is 2. The number of benzene rings is 1. The maximum atomic E-state index is 12.3. The normalized spacial score (nSPS) is 21.1. The van der Waals surface area contributed by atoms with Gasteiger partial charge in [0.1, 0.15) is 6.10 Å². The lowest BCUT2D eigenvalue weighted by molar-refractivity contribution is -0.122. The van der Waals surface area contributed by atoms with Gasteiger partial charge in [-0.05, 0) is 49.2 Å². The SMILES string of the molecule is NC(=O)C1CCCN(c2ccc(N3CC(CNC(=O)c4ccc(Cl)s4)OC3=O)cc2)C1. The van der Waals surface area contributed by atoms with Gasteiger partial charge in [0, 0.05) is 24.5 Å². The molecule has 3 N–H and O–H groups in total. The maximum Gasteiger partial charge on any atom is 0.414 e. The van der Waals surface area contributed by atoms with Crippen molar-refractivity contribution >= 4 is 52.2 Å². The Morgan fingerprint density at radius 2 is 1.90 bits per heavy atom. The number of nitrogens with one attached hydrogen (secondary N) is 1. The molecule has 2 fully saturated rings. The molecule has 2 aliphatic rings. The lowest BCUT2D eigenvalue weighted by atomic mass is 9.97. The third-order valence-corrected chi connectivity index (χ3v) is 6.74. The van der Waals surface area contributed by atoms with Crippen LogP contribution in [0.4, 0.5) is 16.2 Å². The Morgan fingerprint density at radius 1 is 1.16 bits per heavy atom. The first-order chi connectivity index (χ1) is 14.9. The van der Waals surface area contributed by atoms with E-state index in [2.05, 4.69) is 10.2 Å². The number of ether oxygens (including phenoxy) is 1. The van der Waals surface area contributed by atoms with Gasteiger partial charge in [-0.1, -0.05) is 11.6 Å². The Bertz CT molecular complexity index is 980. The van der Waals surface area contributed by atoms with Gasteiger partial charge in [0.25, 0.3) is 5.91 Å². The summed E-state index contributed by atoms with van der Waals surface area (Å²) in [7, 11) is 0. The van der Waals surface area contributed by atoms with Gasteiger partial charge in [-0.2, -0.15) is 0 Å². The van der Waals surface area contributed by atoms with Crippen LogP contribution in [0.5, 0.6) is 0 Å². The molecule has 0 spiro atoms. The van der Waals surface area contributed by atoms with E-state index in [1.54, 1.807) is 17.0 Å². The van der Waals surface area contributed by atoms with Crippen LogP contribution in [0.3, 0.4) is 0 Å². The molecule has 0 radical (unpaired) electrons. The Morgan fingerprint density at radius 3 is 2.58 bits per heavy atom. The summed E-state index contributed by atoms with van der Waals surface area (Å²) in [5.74, 6) is -0.642. The molecule has 3 heterocycles. The summed E-state index contributed by atoms with van der Waals surface area (Å²) in [6.07, 6.45) is 0.850. The standard InChI is InChI=1S/C21H23ClN4O4S/c22-18-8-7-17(31-18)20(28)24-10-16-12-26(21(29)30-16)15-5-3-14(4-6-15)25-9-1-2-13(11-25)19(23)27/h3-8,13,16H,1-2,9-12H2,(H2,23,27)(H,24,28). The van der Waals surface area contributed by atoms with Crippen LogP contribution in [0.1, 0.15) is 22.5 Å². The molecule has 1 aromatic carbocycles. The van der Waals surface area contributed by atoms with Crippen LogP contribution in [0.25, 0.3) is 0 Å². The predicted molar refractivity (Wildman–Crippen MR) is 120 cm³/mol. The van der Waals surface area contributed by atoms with Crippen LogP contribution < -0.4 is 20.9 Å². The summed E-state index contributed by atoms with van der Waals surface area (Å²) in [6, 6.07) is 10.9. The fraction of sp³-hybridized carbons (Fsp3) is 0.381. The van der Waals surface area contributed by atoms with E-state index in [1.807, 2.05) is 24.3 Å². The van der Waals surface area contributed by atoms with Crippen molar-refractivity contribution in [2.75, 3.05) is 36.0 Å². The topological polar surface area (TPSA) is 105 Å². The zero-order chi connectivity index (χ0) is 22.0. The number of carbonyl (C=O) groups is 3. The van der Waals surface area contributed by atoms with Gasteiger partial charge in [-0.3, -0.25) is 14.5 Å². The molecule has 1 aromatic heterocycles. The summed E-state index contributed by atoms with van der Waals surface area (Å²) in [5.41, 5.74) is 7.17. The quantitative estimate of drug-likeness (QED) is 0.686. The molecule has 31 heavy (non-hydrogen) atoms. The van der Waals surface area contributed by atoms with E-state index in [0.29, 0.717) is 22.3 Å². The van der Waals surface area contributed by atoms with E-state index in [4.69, 9.17) is 22.1 Å². The molecule has 2 saturated heterocycles. The van der Waals surface area contributed by atoms with Gasteiger partial charge in [0.2, 0.25) is 5.91 Å². The van der Waals surface area contributed by atoms with E-state index in [0.717, 1.165) is 30.8 Å². The monoisotopic (exact) mass is 462 g/mol. The Hall–Kier alpha value is -2.78. The first kappa shape index (κ1) is 21.5. The van der Waals surface area contributed by atoms with Gasteiger partial charge in [-0.25, -0.2) is 4.79 Å². The first-order valence-corrected chi connectivity index (χ1v) is 11.3. The van der Waals surface area contributed by atoms with Gasteiger partial charge < -0.3 is 20.7 Å². The van der Waals surface area contributed by atoms with E-state index in [1.165, 1.54) is 11.3 Å². The number of piperidine rings is 1. The number of amides is 3. The molecular weight excluding hydrogens is 440 g/mol. The molecule has 2 unspecified atom stereocenters. The van der Waals surface area contributed by atoms with Crippen LogP contribution in [0.2, 0.25) is 4.34 Å². The third kappa shape index (κ3) is 4.94. The van der Waals surface area contributed by atoms with Crippen molar-refractivity contribution in [2.45, 2.75) is 18.9 Å². The fourth-order valence-corrected chi connectivity index (χ4v) is 4.82. The highest BCUT2D eigenvalue weighted by atomic mass is 35.5. The Kier molecular flexibility index (Phi) is 6.33. The van der Waals surface area contributed by atoms with Crippen molar-refractivity contribution in [3.63, 3.8) is 0 Å². The lowest BCUT2D eigenvalue weighted by Crippen LogP contribution is -2.41. The average Bonchev–Trinajstić information content (AvgIpc) is 3.37. The van der Waals surface area contributed by atoms with Crippen LogP contribution >= 0.6 is 22.9 Å². The minimum Gasteiger partial charge on any atom is -0.442 e. The zero-order valence-corrected chi connectivity index (χ0v) is 18.3. The number of carbonyl (C=O) groups excluding carboxylic acids is 3. The smallest absolute Gasteiger partial charge is 0.414 e. The number of primary amides is 1. The number of cyclic esters (lactones) is 1. The second-order valence-corrected chi connectivity index (χ2v) is 9.35. The molecule has 0 bridgehead atoms.